The summed E-state index contributed by atoms with van der Waals surface area (Å²) >= 11 is 0. The van der Waals surface area contributed by atoms with E-state index in [0.717, 1.165) is 18.5 Å². The molecule has 1 aromatic carbocycles. The molecule has 6 heteroatoms. The van der Waals surface area contributed by atoms with Crippen molar-refractivity contribution in [3.05, 3.63) is 23.8 Å². The average Bonchev–Trinajstić information content (AvgIpc) is 2.38. The number of hydrogen-bond acceptors (Lipinski definition) is 4. The Morgan fingerprint density at radius 2 is 2.00 bits per heavy atom. The third-order valence-electron chi connectivity index (χ3n) is 2.61. The molecule has 0 bridgehead atoms. The number of ether oxygens (including phenoxy) is 1. The standard InChI is InChI=1S/C13H22N2O3S/c1-4-8-14-10-11-6-7-13(12(9-11)18-3)19(16,17)15-5-2/h6-7,9,14-15H,4-5,8,10H2,1-3H3. The summed E-state index contributed by atoms with van der Waals surface area (Å²) in [6.07, 6.45) is 1.06. The minimum Gasteiger partial charge on any atom is -0.495 e. The SMILES string of the molecule is CCCNCc1ccc(S(=O)(=O)NCC)c(OC)c1. The maximum absolute atomic E-state index is 12.0. The Balaban J connectivity index is 2.96. The largest absolute Gasteiger partial charge is 0.495 e. The Morgan fingerprint density at radius 3 is 2.58 bits per heavy atom. The van der Waals surface area contributed by atoms with Crippen molar-refractivity contribution in [2.45, 2.75) is 31.7 Å². The van der Waals surface area contributed by atoms with Gasteiger partial charge in [-0.2, -0.15) is 0 Å². The fourth-order valence-corrected chi connectivity index (χ4v) is 2.91. The van der Waals surface area contributed by atoms with Crippen molar-refractivity contribution in [3.8, 4) is 5.75 Å². The summed E-state index contributed by atoms with van der Waals surface area (Å²) < 4.78 is 31.6. The van der Waals surface area contributed by atoms with Gasteiger partial charge in [-0.05, 0) is 30.7 Å². The summed E-state index contributed by atoms with van der Waals surface area (Å²) in [7, 11) is -2.01. The van der Waals surface area contributed by atoms with Crippen LogP contribution in [-0.4, -0.2) is 28.6 Å². The van der Waals surface area contributed by atoms with Crippen LogP contribution in [0.25, 0.3) is 0 Å². The van der Waals surface area contributed by atoms with E-state index in [4.69, 9.17) is 4.74 Å². The summed E-state index contributed by atoms with van der Waals surface area (Å²) in [4.78, 5) is 0.177. The Labute approximate surface area is 115 Å². The molecule has 19 heavy (non-hydrogen) atoms. The van der Waals surface area contributed by atoms with E-state index in [1.807, 2.05) is 0 Å². The Kier molecular flexibility index (Phi) is 6.27. The van der Waals surface area contributed by atoms with Crippen LogP contribution in [0.15, 0.2) is 23.1 Å². The van der Waals surface area contributed by atoms with Crippen LogP contribution >= 0.6 is 0 Å². The third-order valence-corrected chi connectivity index (χ3v) is 4.19. The molecule has 0 aliphatic carbocycles. The smallest absolute Gasteiger partial charge is 0.244 e. The lowest BCUT2D eigenvalue weighted by Gasteiger charge is -2.12. The molecule has 1 rings (SSSR count). The van der Waals surface area contributed by atoms with E-state index < -0.39 is 10.0 Å². The first-order valence-corrected chi connectivity index (χ1v) is 7.90. The molecule has 2 N–H and O–H groups in total. The van der Waals surface area contributed by atoms with Crippen LogP contribution in [0.2, 0.25) is 0 Å². The first-order valence-electron chi connectivity index (χ1n) is 6.42. The Bertz CT molecular complexity index is 501. The monoisotopic (exact) mass is 286 g/mol. The summed E-state index contributed by atoms with van der Waals surface area (Å²) in [5.41, 5.74) is 1.00. The lowest BCUT2D eigenvalue weighted by molar-refractivity contribution is 0.401. The highest BCUT2D eigenvalue weighted by Crippen LogP contribution is 2.24. The van der Waals surface area contributed by atoms with Gasteiger partial charge in [0.1, 0.15) is 10.6 Å². The topological polar surface area (TPSA) is 67.4 Å². The number of benzene rings is 1. The molecule has 0 aliphatic rings. The first-order chi connectivity index (χ1) is 9.05. The van der Waals surface area contributed by atoms with Gasteiger partial charge in [-0.15, -0.1) is 0 Å². The number of methoxy groups -OCH3 is 1. The quantitative estimate of drug-likeness (QED) is 0.711. The molecule has 0 saturated carbocycles. The molecule has 0 aromatic heterocycles. The van der Waals surface area contributed by atoms with Crippen LogP contribution in [0.4, 0.5) is 0 Å². The summed E-state index contributed by atoms with van der Waals surface area (Å²) in [5, 5.41) is 3.27. The molecule has 0 atom stereocenters. The van der Waals surface area contributed by atoms with Gasteiger partial charge in [0.25, 0.3) is 0 Å². The zero-order valence-electron chi connectivity index (χ0n) is 11.7. The van der Waals surface area contributed by atoms with Crippen molar-refractivity contribution in [2.75, 3.05) is 20.2 Å². The third kappa shape index (κ3) is 4.49. The minimum atomic E-state index is -3.49. The molecule has 0 amide bonds. The van der Waals surface area contributed by atoms with Crippen LogP contribution < -0.4 is 14.8 Å². The van der Waals surface area contributed by atoms with E-state index in [-0.39, 0.29) is 4.90 Å². The molecule has 0 spiro atoms. The van der Waals surface area contributed by atoms with Crippen LogP contribution in [0, 0.1) is 0 Å². The normalized spacial score (nSPS) is 11.5. The van der Waals surface area contributed by atoms with E-state index in [2.05, 4.69) is 17.0 Å². The predicted octanol–water partition coefficient (Wildman–Crippen LogP) is 1.49. The van der Waals surface area contributed by atoms with E-state index in [1.54, 1.807) is 25.1 Å². The molecule has 0 aliphatic heterocycles. The van der Waals surface area contributed by atoms with Gasteiger partial charge in [0.2, 0.25) is 10.0 Å². The molecule has 1 aromatic rings. The number of nitrogens with one attached hydrogen (secondary N) is 2. The number of rotatable bonds is 8. The number of hydrogen-bond donors (Lipinski definition) is 2. The molecule has 0 fully saturated rings. The lowest BCUT2D eigenvalue weighted by atomic mass is 10.2. The second kappa shape index (κ2) is 7.47. The number of sulfonamides is 1. The summed E-state index contributed by atoms with van der Waals surface area (Å²) in [5.74, 6) is 0.372. The maximum Gasteiger partial charge on any atom is 0.244 e. The van der Waals surface area contributed by atoms with Gasteiger partial charge in [0, 0.05) is 13.1 Å². The van der Waals surface area contributed by atoms with Crippen molar-refractivity contribution >= 4 is 10.0 Å². The van der Waals surface area contributed by atoms with Gasteiger partial charge >= 0.3 is 0 Å². The maximum atomic E-state index is 12.0. The van der Waals surface area contributed by atoms with Gasteiger partial charge in [-0.25, -0.2) is 13.1 Å². The van der Waals surface area contributed by atoms with Crippen molar-refractivity contribution in [1.29, 1.82) is 0 Å². The second-order valence-electron chi connectivity index (χ2n) is 4.16. The van der Waals surface area contributed by atoms with Crippen molar-refractivity contribution < 1.29 is 13.2 Å². The van der Waals surface area contributed by atoms with E-state index in [0.29, 0.717) is 18.8 Å². The zero-order valence-corrected chi connectivity index (χ0v) is 12.5. The fraction of sp³-hybridized carbons (Fsp3) is 0.538. The average molecular weight is 286 g/mol. The molecule has 0 heterocycles. The highest BCUT2D eigenvalue weighted by molar-refractivity contribution is 7.89. The molecule has 108 valence electrons. The van der Waals surface area contributed by atoms with Crippen LogP contribution in [0.5, 0.6) is 5.75 Å². The van der Waals surface area contributed by atoms with Gasteiger partial charge in [-0.1, -0.05) is 19.9 Å². The molecule has 0 saturated heterocycles. The second-order valence-corrected chi connectivity index (χ2v) is 5.90. The van der Waals surface area contributed by atoms with Gasteiger partial charge in [-0.3, -0.25) is 0 Å². The molecule has 5 nitrogen and oxygen atoms in total. The van der Waals surface area contributed by atoms with E-state index in [9.17, 15) is 8.42 Å². The minimum absolute atomic E-state index is 0.177. The van der Waals surface area contributed by atoms with E-state index >= 15 is 0 Å². The highest BCUT2D eigenvalue weighted by atomic mass is 32.2. The summed E-state index contributed by atoms with van der Waals surface area (Å²) in [6, 6.07) is 5.14. The van der Waals surface area contributed by atoms with Gasteiger partial charge < -0.3 is 10.1 Å². The molecular formula is C13H22N2O3S. The van der Waals surface area contributed by atoms with Crippen molar-refractivity contribution in [3.63, 3.8) is 0 Å². The molecular weight excluding hydrogens is 264 g/mol. The predicted molar refractivity (Wildman–Crippen MR) is 75.9 cm³/mol. The molecule has 0 radical (unpaired) electrons. The highest BCUT2D eigenvalue weighted by Gasteiger charge is 2.18. The first kappa shape index (κ1) is 15.9. The van der Waals surface area contributed by atoms with Gasteiger partial charge in [0.15, 0.2) is 0 Å². The lowest BCUT2D eigenvalue weighted by Crippen LogP contribution is -2.23. The van der Waals surface area contributed by atoms with Crippen molar-refractivity contribution in [1.82, 2.24) is 10.0 Å². The summed E-state index contributed by atoms with van der Waals surface area (Å²) in [6.45, 7) is 5.82. The van der Waals surface area contributed by atoms with Crippen LogP contribution in [0.1, 0.15) is 25.8 Å². The fourth-order valence-electron chi connectivity index (χ4n) is 1.72. The zero-order chi connectivity index (χ0) is 14.3. The van der Waals surface area contributed by atoms with Gasteiger partial charge in [0.05, 0.1) is 7.11 Å². The van der Waals surface area contributed by atoms with Crippen LogP contribution in [0.3, 0.4) is 0 Å². The van der Waals surface area contributed by atoms with Crippen molar-refractivity contribution in [2.24, 2.45) is 0 Å². The molecule has 0 unspecified atom stereocenters. The Morgan fingerprint density at radius 1 is 1.26 bits per heavy atom. The van der Waals surface area contributed by atoms with Crippen LogP contribution in [-0.2, 0) is 16.6 Å². The Hall–Kier alpha value is -1.11. The van der Waals surface area contributed by atoms with E-state index in [1.165, 1.54) is 7.11 Å².